The Morgan fingerprint density at radius 2 is 2.10 bits per heavy atom. The minimum absolute atomic E-state index is 0.136. The first-order valence-corrected chi connectivity index (χ1v) is 6.52. The van der Waals surface area contributed by atoms with Crippen molar-refractivity contribution in [2.24, 2.45) is 0 Å². The van der Waals surface area contributed by atoms with Gasteiger partial charge < -0.3 is 0 Å². The first kappa shape index (κ1) is 12.2. The summed E-state index contributed by atoms with van der Waals surface area (Å²) in [5.74, 6) is -2.62. The van der Waals surface area contributed by atoms with Gasteiger partial charge in [-0.3, -0.25) is 9.67 Å². The number of hydrogen-bond acceptors (Lipinski definition) is 3. The molecule has 4 rings (SSSR count). The molecule has 1 aliphatic carbocycles. The van der Waals surface area contributed by atoms with Crippen LogP contribution in [0.2, 0.25) is 0 Å². The van der Waals surface area contributed by atoms with Crippen molar-refractivity contribution < 1.29 is 8.78 Å². The minimum Gasteiger partial charge on any atom is -0.263 e. The fourth-order valence-electron chi connectivity index (χ4n) is 2.24. The van der Waals surface area contributed by atoms with Gasteiger partial charge in [0.2, 0.25) is 0 Å². The lowest BCUT2D eigenvalue weighted by atomic mass is 10.3. The third kappa shape index (κ3) is 2.10. The first-order valence-electron chi connectivity index (χ1n) is 6.52. The molecule has 3 aromatic heterocycles. The number of nitrogens with zero attached hydrogens (tertiary/aromatic N) is 5. The van der Waals surface area contributed by atoms with Gasteiger partial charge in [0, 0.05) is 30.6 Å². The number of rotatable bonds is 3. The van der Waals surface area contributed by atoms with Crippen molar-refractivity contribution in [2.75, 3.05) is 0 Å². The summed E-state index contributed by atoms with van der Waals surface area (Å²) in [6.07, 6.45) is 8.29. The number of aromatic nitrogens is 5. The zero-order chi connectivity index (χ0) is 14.4. The topological polar surface area (TPSA) is 48.5 Å². The van der Waals surface area contributed by atoms with Gasteiger partial charge in [0.15, 0.2) is 0 Å². The SMILES string of the molecule is FC1(F)CC1n1ccc(-c2cnn(-c3cccnc3)c2)n1. The zero-order valence-electron chi connectivity index (χ0n) is 10.9. The maximum absolute atomic E-state index is 13.0. The van der Waals surface area contributed by atoms with E-state index < -0.39 is 12.0 Å². The smallest absolute Gasteiger partial charge is 0.263 e. The average molecular weight is 287 g/mol. The molecule has 1 unspecified atom stereocenters. The molecule has 1 aliphatic rings. The van der Waals surface area contributed by atoms with Gasteiger partial charge >= 0.3 is 0 Å². The highest BCUT2D eigenvalue weighted by Gasteiger charge is 2.59. The van der Waals surface area contributed by atoms with Crippen LogP contribution in [0, 0.1) is 0 Å². The molecule has 0 bridgehead atoms. The molecule has 0 radical (unpaired) electrons. The van der Waals surface area contributed by atoms with Gasteiger partial charge in [-0.2, -0.15) is 10.2 Å². The van der Waals surface area contributed by atoms with Crippen LogP contribution in [0.25, 0.3) is 16.9 Å². The lowest BCUT2D eigenvalue weighted by Crippen LogP contribution is -2.02. The Bertz CT molecular complexity index is 778. The van der Waals surface area contributed by atoms with E-state index in [1.165, 1.54) is 4.68 Å². The van der Waals surface area contributed by atoms with Gasteiger partial charge in [0.1, 0.15) is 6.04 Å². The lowest BCUT2D eigenvalue weighted by Gasteiger charge is -1.98. The van der Waals surface area contributed by atoms with Crippen LogP contribution < -0.4 is 0 Å². The summed E-state index contributed by atoms with van der Waals surface area (Å²) in [6.45, 7) is 0. The van der Waals surface area contributed by atoms with Crippen LogP contribution in [0.4, 0.5) is 8.78 Å². The maximum atomic E-state index is 13.0. The second kappa shape index (κ2) is 4.21. The van der Waals surface area contributed by atoms with Crippen molar-refractivity contribution in [3.8, 4) is 16.9 Å². The zero-order valence-corrected chi connectivity index (χ0v) is 10.9. The van der Waals surface area contributed by atoms with Crippen molar-refractivity contribution >= 4 is 0 Å². The molecule has 106 valence electrons. The number of halogens is 2. The van der Waals surface area contributed by atoms with Gasteiger partial charge in [-0.15, -0.1) is 0 Å². The van der Waals surface area contributed by atoms with E-state index in [0.29, 0.717) is 5.69 Å². The summed E-state index contributed by atoms with van der Waals surface area (Å²) in [6, 6.07) is 4.62. The molecule has 1 saturated carbocycles. The Labute approximate surface area is 118 Å². The van der Waals surface area contributed by atoms with Gasteiger partial charge in [0.05, 0.1) is 23.8 Å². The van der Waals surface area contributed by atoms with E-state index in [9.17, 15) is 8.78 Å². The highest BCUT2D eigenvalue weighted by molar-refractivity contribution is 5.57. The van der Waals surface area contributed by atoms with Crippen LogP contribution in [-0.4, -0.2) is 30.5 Å². The molecule has 3 heterocycles. The molecule has 0 N–H and O–H groups in total. The predicted molar refractivity (Wildman–Crippen MR) is 71.2 cm³/mol. The van der Waals surface area contributed by atoms with Crippen molar-refractivity contribution in [2.45, 2.75) is 18.4 Å². The fourth-order valence-corrected chi connectivity index (χ4v) is 2.24. The highest BCUT2D eigenvalue weighted by Crippen LogP contribution is 2.52. The first-order chi connectivity index (χ1) is 10.1. The quantitative estimate of drug-likeness (QED) is 0.744. The van der Waals surface area contributed by atoms with E-state index in [4.69, 9.17) is 0 Å². The van der Waals surface area contributed by atoms with E-state index >= 15 is 0 Å². The Hall–Kier alpha value is -2.57. The number of pyridine rings is 1. The molecule has 3 aromatic rings. The van der Waals surface area contributed by atoms with Gasteiger partial charge in [-0.25, -0.2) is 13.5 Å². The van der Waals surface area contributed by atoms with Gasteiger partial charge in [-0.05, 0) is 18.2 Å². The molecule has 0 aliphatic heterocycles. The van der Waals surface area contributed by atoms with E-state index in [-0.39, 0.29) is 6.42 Å². The van der Waals surface area contributed by atoms with E-state index in [0.717, 1.165) is 11.3 Å². The summed E-state index contributed by atoms with van der Waals surface area (Å²) in [5.41, 5.74) is 2.24. The van der Waals surface area contributed by atoms with E-state index in [1.54, 1.807) is 41.7 Å². The van der Waals surface area contributed by atoms with Gasteiger partial charge in [-0.1, -0.05) is 0 Å². The molecule has 7 heteroatoms. The summed E-state index contributed by atoms with van der Waals surface area (Å²) in [5, 5.41) is 8.45. The van der Waals surface area contributed by atoms with Crippen molar-refractivity contribution in [3.05, 3.63) is 49.2 Å². The monoisotopic (exact) mass is 287 g/mol. The van der Waals surface area contributed by atoms with Crippen LogP contribution >= 0.6 is 0 Å². The van der Waals surface area contributed by atoms with Crippen molar-refractivity contribution in [3.63, 3.8) is 0 Å². The summed E-state index contributed by atoms with van der Waals surface area (Å²) in [7, 11) is 0. The Morgan fingerprint density at radius 1 is 1.24 bits per heavy atom. The Morgan fingerprint density at radius 3 is 2.81 bits per heavy atom. The average Bonchev–Trinajstić information content (AvgIpc) is 2.96. The fraction of sp³-hybridized carbons (Fsp3) is 0.214. The maximum Gasteiger partial charge on any atom is 0.272 e. The van der Waals surface area contributed by atoms with E-state index in [1.807, 2.05) is 12.1 Å². The third-order valence-corrected chi connectivity index (χ3v) is 3.51. The van der Waals surface area contributed by atoms with Crippen LogP contribution in [0.5, 0.6) is 0 Å². The molecule has 1 fully saturated rings. The van der Waals surface area contributed by atoms with Crippen LogP contribution in [0.1, 0.15) is 12.5 Å². The molecular weight excluding hydrogens is 276 g/mol. The lowest BCUT2D eigenvalue weighted by molar-refractivity contribution is 0.0984. The second-order valence-electron chi connectivity index (χ2n) is 5.05. The second-order valence-corrected chi connectivity index (χ2v) is 5.05. The number of hydrogen-bond donors (Lipinski definition) is 0. The molecule has 5 nitrogen and oxygen atoms in total. The predicted octanol–water partition coefficient (Wildman–Crippen LogP) is 2.71. The van der Waals surface area contributed by atoms with Crippen molar-refractivity contribution in [1.82, 2.24) is 24.5 Å². The van der Waals surface area contributed by atoms with E-state index in [2.05, 4.69) is 15.2 Å². The molecule has 0 spiro atoms. The van der Waals surface area contributed by atoms with Crippen LogP contribution in [-0.2, 0) is 0 Å². The molecule has 1 atom stereocenters. The van der Waals surface area contributed by atoms with Crippen molar-refractivity contribution in [1.29, 1.82) is 0 Å². The Kier molecular flexibility index (Phi) is 2.44. The standard InChI is InChI=1S/C14H11F2N5/c15-14(16)6-13(14)20-5-3-12(19-20)10-7-18-21(9-10)11-2-1-4-17-8-11/h1-5,7-9,13H,6H2. The number of alkyl halides is 2. The molecular formula is C14H11F2N5. The van der Waals surface area contributed by atoms with Gasteiger partial charge in [0.25, 0.3) is 5.92 Å². The summed E-state index contributed by atoms with van der Waals surface area (Å²) >= 11 is 0. The van der Waals surface area contributed by atoms with Crippen LogP contribution in [0.3, 0.4) is 0 Å². The Balaban J connectivity index is 1.62. The third-order valence-electron chi connectivity index (χ3n) is 3.51. The van der Waals surface area contributed by atoms with Crippen LogP contribution in [0.15, 0.2) is 49.2 Å². The summed E-state index contributed by atoms with van der Waals surface area (Å²) < 4.78 is 29.1. The highest BCUT2D eigenvalue weighted by atomic mass is 19.3. The molecule has 0 amide bonds. The molecule has 21 heavy (non-hydrogen) atoms. The minimum atomic E-state index is -2.62. The molecule has 0 aromatic carbocycles. The normalized spacial score (nSPS) is 19.6. The molecule has 0 saturated heterocycles. The largest absolute Gasteiger partial charge is 0.272 e. The summed E-state index contributed by atoms with van der Waals surface area (Å²) in [4.78, 5) is 4.03.